The molecule has 0 saturated carbocycles. The number of aryl methyl sites for hydroxylation is 1. The Kier molecular flexibility index (Phi) is 4.23. The second-order valence-electron chi connectivity index (χ2n) is 6.76. The number of ether oxygens (including phenoxy) is 1. The lowest BCUT2D eigenvalue weighted by Gasteiger charge is -2.45. The van der Waals surface area contributed by atoms with Gasteiger partial charge >= 0.3 is 0 Å². The first-order valence-corrected chi connectivity index (χ1v) is 8.15. The molecule has 0 aliphatic carbocycles. The molecule has 2 fully saturated rings. The van der Waals surface area contributed by atoms with Crippen LogP contribution in [0.5, 0.6) is 0 Å². The summed E-state index contributed by atoms with van der Waals surface area (Å²) >= 11 is 0. The van der Waals surface area contributed by atoms with Crippen LogP contribution in [0, 0.1) is 6.92 Å². The first kappa shape index (κ1) is 15.5. The van der Waals surface area contributed by atoms with Crippen molar-refractivity contribution >= 4 is 5.91 Å². The summed E-state index contributed by atoms with van der Waals surface area (Å²) in [5, 5.41) is 7.29. The Balaban J connectivity index is 1.80. The molecule has 0 aromatic carbocycles. The predicted octanol–water partition coefficient (Wildman–Crippen LogP) is 1.39. The highest BCUT2D eigenvalue weighted by atomic mass is 16.5. The third kappa shape index (κ3) is 2.65. The standard InChI is InChI=1S/C16H26N4O2/c1-10(2)15-14(11(3)17-18-15)16(21)20-6-5-13-12(9-20)19(4)7-8-22-13/h10,12-13H,5-9H2,1-4H3,(H,17,18)/t12-,13-/m0/s1. The van der Waals surface area contributed by atoms with Gasteiger partial charge in [-0.1, -0.05) is 13.8 Å². The number of rotatable bonds is 2. The lowest BCUT2D eigenvalue weighted by atomic mass is 9.97. The van der Waals surface area contributed by atoms with Gasteiger partial charge in [-0.25, -0.2) is 0 Å². The minimum absolute atomic E-state index is 0.104. The molecule has 0 unspecified atom stereocenters. The van der Waals surface area contributed by atoms with Crippen LogP contribution in [-0.4, -0.2) is 71.3 Å². The van der Waals surface area contributed by atoms with Gasteiger partial charge in [-0.15, -0.1) is 0 Å². The fourth-order valence-electron chi connectivity index (χ4n) is 3.52. The quantitative estimate of drug-likeness (QED) is 0.897. The summed E-state index contributed by atoms with van der Waals surface area (Å²) in [6.07, 6.45) is 1.17. The Morgan fingerprint density at radius 2 is 2.18 bits per heavy atom. The number of hydrogen-bond acceptors (Lipinski definition) is 4. The van der Waals surface area contributed by atoms with Gasteiger partial charge in [-0.3, -0.25) is 14.8 Å². The number of nitrogens with zero attached hydrogens (tertiary/aromatic N) is 3. The van der Waals surface area contributed by atoms with Crippen molar-refractivity contribution < 1.29 is 9.53 Å². The molecule has 3 heterocycles. The summed E-state index contributed by atoms with van der Waals surface area (Å²) in [4.78, 5) is 17.3. The second-order valence-corrected chi connectivity index (χ2v) is 6.76. The largest absolute Gasteiger partial charge is 0.375 e. The Morgan fingerprint density at radius 3 is 2.91 bits per heavy atom. The molecule has 2 saturated heterocycles. The summed E-state index contributed by atoms with van der Waals surface area (Å²) in [5.41, 5.74) is 2.50. The van der Waals surface area contributed by atoms with E-state index in [0.717, 1.165) is 49.6 Å². The third-order valence-corrected chi connectivity index (χ3v) is 4.89. The van der Waals surface area contributed by atoms with E-state index in [9.17, 15) is 4.79 Å². The van der Waals surface area contributed by atoms with Gasteiger partial charge in [0, 0.05) is 25.3 Å². The van der Waals surface area contributed by atoms with E-state index < -0.39 is 0 Å². The van der Waals surface area contributed by atoms with Crippen molar-refractivity contribution in [3.05, 3.63) is 17.0 Å². The number of amides is 1. The molecule has 3 rings (SSSR count). The normalized spacial score (nSPS) is 26.3. The lowest BCUT2D eigenvalue weighted by molar-refractivity contribution is -0.0893. The summed E-state index contributed by atoms with van der Waals surface area (Å²) in [6, 6.07) is 0.307. The fourth-order valence-corrected chi connectivity index (χ4v) is 3.52. The van der Waals surface area contributed by atoms with Crippen LogP contribution < -0.4 is 0 Å². The van der Waals surface area contributed by atoms with Crippen LogP contribution in [-0.2, 0) is 4.74 Å². The SMILES string of the molecule is Cc1[nH]nc(C(C)C)c1C(=O)N1CC[C@@H]2OCCN(C)[C@H]2C1. The van der Waals surface area contributed by atoms with Crippen molar-refractivity contribution in [2.24, 2.45) is 0 Å². The molecule has 0 bridgehead atoms. The topological polar surface area (TPSA) is 61.5 Å². The number of likely N-dealkylation sites (tertiary alicyclic amines) is 1. The third-order valence-electron chi connectivity index (χ3n) is 4.89. The van der Waals surface area contributed by atoms with Gasteiger partial charge in [-0.05, 0) is 26.3 Å². The average molecular weight is 306 g/mol. The minimum Gasteiger partial charge on any atom is -0.375 e. The number of carbonyl (C=O) groups is 1. The number of piperidine rings is 1. The van der Waals surface area contributed by atoms with Crippen molar-refractivity contribution in [2.45, 2.75) is 45.3 Å². The molecule has 0 radical (unpaired) electrons. The molecule has 2 atom stereocenters. The Labute approximate surface area is 131 Å². The van der Waals surface area contributed by atoms with Crippen LogP contribution in [0.2, 0.25) is 0 Å². The number of nitrogens with one attached hydrogen (secondary N) is 1. The molecule has 2 aliphatic heterocycles. The zero-order valence-electron chi connectivity index (χ0n) is 13.9. The molecule has 6 nitrogen and oxygen atoms in total. The van der Waals surface area contributed by atoms with Crippen molar-refractivity contribution in [2.75, 3.05) is 33.3 Å². The van der Waals surface area contributed by atoms with Gasteiger partial charge in [0.2, 0.25) is 0 Å². The number of H-pyrrole nitrogens is 1. The fraction of sp³-hybridized carbons (Fsp3) is 0.750. The maximum absolute atomic E-state index is 13.0. The van der Waals surface area contributed by atoms with E-state index in [1.807, 2.05) is 11.8 Å². The monoisotopic (exact) mass is 306 g/mol. The lowest BCUT2D eigenvalue weighted by Crippen LogP contribution is -2.59. The number of likely N-dealkylation sites (N-methyl/N-ethyl adjacent to an activating group) is 1. The first-order valence-electron chi connectivity index (χ1n) is 8.15. The van der Waals surface area contributed by atoms with E-state index in [0.29, 0.717) is 6.04 Å². The Morgan fingerprint density at radius 1 is 1.41 bits per heavy atom. The van der Waals surface area contributed by atoms with Crippen LogP contribution in [0.4, 0.5) is 0 Å². The molecule has 6 heteroatoms. The molecule has 122 valence electrons. The maximum atomic E-state index is 13.0. The van der Waals surface area contributed by atoms with Gasteiger partial charge in [0.05, 0.1) is 30.0 Å². The number of aromatic nitrogens is 2. The zero-order chi connectivity index (χ0) is 15.9. The number of carbonyl (C=O) groups excluding carboxylic acids is 1. The van der Waals surface area contributed by atoms with Crippen LogP contribution in [0.3, 0.4) is 0 Å². The van der Waals surface area contributed by atoms with Crippen molar-refractivity contribution in [3.63, 3.8) is 0 Å². The van der Waals surface area contributed by atoms with Crippen LogP contribution >= 0.6 is 0 Å². The first-order chi connectivity index (χ1) is 10.5. The molecule has 2 aliphatic rings. The molecule has 1 aromatic heterocycles. The zero-order valence-corrected chi connectivity index (χ0v) is 13.9. The predicted molar refractivity (Wildman–Crippen MR) is 84.1 cm³/mol. The van der Waals surface area contributed by atoms with E-state index >= 15 is 0 Å². The van der Waals surface area contributed by atoms with E-state index in [2.05, 4.69) is 36.0 Å². The van der Waals surface area contributed by atoms with Gasteiger partial charge < -0.3 is 9.64 Å². The average Bonchev–Trinajstić information content (AvgIpc) is 2.88. The Hall–Kier alpha value is -1.40. The van der Waals surface area contributed by atoms with Gasteiger partial charge in [0.15, 0.2) is 0 Å². The number of morpholine rings is 1. The molecule has 1 N–H and O–H groups in total. The second kappa shape index (κ2) is 6.01. The molecular formula is C16H26N4O2. The molecule has 22 heavy (non-hydrogen) atoms. The molecule has 0 spiro atoms. The molecular weight excluding hydrogens is 280 g/mol. The summed E-state index contributed by atoms with van der Waals surface area (Å²) in [5.74, 6) is 0.342. The van der Waals surface area contributed by atoms with E-state index in [4.69, 9.17) is 4.74 Å². The van der Waals surface area contributed by atoms with Gasteiger partial charge in [0.25, 0.3) is 5.91 Å². The van der Waals surface area contributed by atoms with E-state index in [1.54, 1.807) is 0 Å². The summed E-state index contributed by atoms with van der Waals surface area (Å²) in [6.45, 7) is 9.30. The highest BCUT2D eigenvalue weighted by Crippen LogP contribution is 2.26. The van der Waals surface area contributed by atoms with E-state index in [-0.39, 0.29) is 17.9 Å². The number of fused-ring (bicyclic) bond motifs is 1. The summed E-state index contributed by atoms with van der Waals surface area (Å²) < 4.78 is 5.86. The molecule has 1 aromatic rings. The smallest absolute Gasteiger partial charge is 0.257 e. The highest BCUT2D eigenvalue weighted by Gasteiger charge is 2.38. The highest BCUT2D eigenvalue weighted by molar-refractivity contribution is 5.96. The van der Waals surface area contributed by atoms with Gasteiger partial charge in [0.1, 0.15) is 0 Å². The Bertz CT molecular complexity index is 554. The van der Waals surface area contributed by atoms with E-state index in [1.165, 1.54) is 0 Å². The number of hydrogen-bond donors (Lipinski definition) is 1. The maximum Gasteiger partial charge on any atom is 0.257 e. The summed E-state index contributed by atoms with van der Waals surface area (Å²) in [7, 11) is 2.12. The van der Waals surface area contributed by atoms with Crippen molar-refractivity contribution in [1.29, 1.82) is 0 Å². The van der Waals surface area contributed by atoms with Crippen LogP contribution in [0.15, 0.2) is 0 Å². The number of aromatic amines is 1. The van der Waals surface area contributed by atoms with Gasteiger partial charge in [-0.2, -0.15) is 5.10 Å². The minimum atomic E-state index is 0.104. The van der Waals surface area contributed by atoms with Crippen molar-refractivity contribution in [3.8, 4) is 0 Å². The van der Waals surface area contributed by atoms with Crippen LogP contribution in [0.1, 0.15) is 47.9 Å². The van der Waals surface area contributed by atoms with Crippen LogP contribution in [0.25, 0.3) is 0 Å². The molecule has 1 amide bonds. The van der Waals surface area contributed by atoms with Crippen molar-refractivity contribution in [1.82, 2.24) is 20.0 Å².